The number of halogens is 1. The number of thioether (sulfide) groups is 1. The van der Waals surface area contributed by atoms with E-state index in [2.05, 4.69) is 37.2 Å². The third kappa shape index (κ3) is 10.3. The molecule has 0 fully saturated rings. The summed E-state index contributed by atoms with van der Waals surface area (Å²) in [6.07, 6.45) is 2.01. The van der Waals surface area contributed by atoms with Crippen LogP contribution < -0.4 is 21.3 Å². The number of esters is 1. The molecule has 13 heteroatoms. The van der Waals surface area contributed by atoms with Crippen LogP contribution in [0.3, 0.4) is 0 Å². The number of carbonyl (C=O) groups excluding carboxylic acids is 5. The molecule has 0 aliphatic rings. The Hall–Kier alpha value is -5.50. The topological polar surface area (TPSA) is 143 Å². The van der Waals surface area contributed by atoms with Gasteiger partial charge in [-0.2, -0.15) is 0 Å². The first kappa shape index (κ1) is 38.7. The van der Waals surface area contributed by atoms with Crippen molar-refractivity contribution in [3.63, 3.8) is 0 Å². The number of ether oxygens (including phenoxy) is 1. The summed E-state index contributed by atoms with van der Waals surface area (Å²) in [7, 11) is 1.24. The number of anilines is 3. The van der Waals surface area contributed by atoms with Crippen LogP contribution in [0.4, 0.5) is 16.4 Å². The molecule has 1 atom stereocenters. The van der Waals surface area contributed by atoms with Crippen LogP contribution in [0.5, 0.6) is 0 Å². The molecule has 0 aliphatic heterocycles. The van der Waals surface area contributed by atoms with Crippen molar-refractivity contribution in [2.75, 3.05) is 23.1 Å². The van der Waals surface area contributed by atoms with Gasteiger partial charge in [0.25, 0.3) is 17.7 Å². The van der Waals surface area contributed by atoms with Gasteiger partial charge in [-0.3, -0.25) is 19.2 Å². The highest BCUT2D eigenvalue weighted by atomic mass is 79.9. The minimum absolute atomic E-state index is 0.0327. The van der Waals surface area contributed by atoms with E-state index >= 15 is 0 Å². The number of para-hydroxylation sites is 1. The maximum Gasteiger partial charge on any atom is 0.341 e. The number of methoxy groups -OCH3 is 1. The molecule has 4 amide bonds. The number of carbonyl (C=O) groups is 5. The van der Waals surface area contributed by atoms with Crippen molar-refractivity contribution in [3.8, 4) is 0 Å². The molecule has 5 rings (SSSR count). The molecule has 53 heavy (non-hydrogen) atoms. The van der Waals surface area contributed by atoms with Gasteiger partial charge in [0.2, 0.25) is 5.91 Å². The molecule has 1 aromatic heterocycles. The molecule has 10 nitrogen and oxygen atoms in total. The molecule has 0 radical (unpaired) electrons. The second-order valence-electron chi connectivity index (χ2n) is 11.5. The van der Waals surface area contributed by atoms with Gasteiger partial charge in [-0.05, 0) is 85.1 Å². The minimum atomic E-state index is -0.676. The Morgan fingerprint density at radius 2 is 1.49 bits per heavy atom. The number of nitrogens with one attached hydrogen (secondary N) is 4. The standard InChI is InChI=1S/C40H35BrN4O6S2/c1-4-32(37(48)45-39-33(40(50)51-3)24(2)34(53-39)38(49)42-28-17-9-6-10-18-28)52-30-20-12-19-29(23-30)43-36(47)31(22-25-13-11-16-27(41)21-25)44-35(46)26-14-7-5-8-15-26/h5-23,32H,4H2,1-3H3,(H,42,49)(H,43,47)(H,44,46)(H,45,48)/b31-22+. The van der Waals surface area contributed by atoms with Crippen molar-refractivity contribution in [2.24, 2.45) is 0 Å². The average molecular weight is 812 g/mol. The molecule has 270 valence electrons. The predicted octanol–water partition coefficient (Wildman–Crippen LogP) is 8.78. The van der Waals surface area contributed by atoms with Crippen LogP contribution in [0, 0.1) is 6.92 Å². The monoisotopic (exact) mass is 810 g/mol. The third-order valence-electron chi connectivity index (χ3n) is 7.73. The molecular weight excluding hydrogens is 776 g/mol. The lowest BCUT2D eigenvalue weighted by Gasteiger charge is -2.16. The Kier molecular flexibility index (Phi) is 13.4. The molecule has 0 spiro atoms. The molecule has 4 aromatic carbocycles. The Morgan fingerprint density at radius 3 is 2.17 bits per heavy atom. The number of thiophene rings is 1. The number of amides is 4. The second-order valence-corrected chi connectivity index (χ2v) is 14.7. The Labute approximate surface area is 323 Å². The first-order valence-corrected chi connectivity index (χ1v) is 18.9. The lowest BCUT2D eigenvalue weighted by atomic mass is 10.1. The van der Waals surface area contributed by atoms with Crippen LogP contribution in [0.2, 0.25) is 0 Å². The van der Waals surface area contributed by atoms with Gasteiger partial charge in [0.05, 0.1) is 22.8 Å². The number of hydrogen-bond donors (Lipinski definition) is 4. The van der Waals surface area contributed by atoms with E-state index in [1.165, 1.54) is 18.9 Å². The van der Waals surface area contributed by atoms with Crippen molar-refractivity contribution in [2.45, 2.75) is 30.4 Å². The van der Waals surface area contributed by atoms with Crippen LogP contribution in [0.15, 0.2) is 124 Å². The maximum absolute atomic E-state index is 13.7. The van der Waals surface area contributed by atoms with Gasteiger partial charge in [-0.1, -0.05) is 77.5 Å². The highest BCUT2D eigenvalue weighted by Crippen LogP contribution is 2.36. The van der Waals surface area contributed by atoms with Crippen molar-refractivity contribution < 1.29 is 28.7 Å². The van der Waals surface area contributed by atoms with Gasteiger partial charge >= 0.3 is 5.97 Å². The largest absolute Gasteiger partial charge is 0.465 e. The highest BCUT2D eigenvalue weighted by Gasteiger charge is 2.28. The zero-order valence-electron chi connectivity index (χ0n) is 28.9. The van der Waals surface area contributed by atoms with Crippen LogP contribution >= 0.6 is 39.0 Å². The van der Waals surface area contributed by atoms with E-state index in [-0.39, 0.29) is 27.0 Å². The minimum Gasteiger partial charge on any atom is -0.465 e. The first-order chi connectivity index (χ1) is 25.6. The fourth-order valence-corrected chi connectivity index (χ4v) is 7.63. The maximum atomic E-state index is 13.7. The van der Waals surface area contributed by atoms with E-state index in [4.69, 9.17) is 4.74 Å². The summed E-state index contributed by atoms with van der Waals surface area (Å²) < 4.78 is 5.80. The zero-order valence-corrected chi connectivity index (χ0v) is 32.1. The fourth-order valence-electron chi connectivity index (χ4n) is 5.11. The predicted molar refractivity (Wildman–Crippen MR) is 214 cm³/mol. The summed E-state index contributed by atoms with van der Waals surface area (Å²) in [6, 6.07) is 31.8. The summed E-state index contributed by atoms with van der Waals surface area (Å²) in [5.74, 6) is -2.46. The quantitative estimate of drug-likeness (QED) is 0.0529. The van der Waals surface area contributed by atoms with Gasteiger partial charge in [0.15, 0.2) is 0 Å². The smallest absolute Gasteiger partial charge is 0.341 e. The Balaban J connectivity index is 1.32. The van der Waals surface area contributed by atoms with E-state index in [1.54, 1.807) is 85.8 Å². The molecule has 0 saturated heterocycles. The summed E-state index contributed by atoms with van der Waals surface area (Å²) in [5.41, 5.74) is 2.66. The lowest BCUT2D eigenvalue weighted by Crippen LogP contribution is -2.30. The van der Waals surface area contributed by atoms with Crippen molar-refractivity contribution in [1.29, 1.82) is 0 Å². The van der Waals surface area contributed by atoms with Gasteiger partial charge < -0.3 is 26.0 Å². The number of hydrogen-bond acceptors (Lipinski definition) is 8. The number of rotatable bonds is 13. The summed E-state index contributed by atoms with van der Waals surface area (Å²) in [4.78, 5) is 67.3. The molecular formula is C40H35BrN4O6S2. The molecule has 1 heterocycles. The molecule has 0 saturated carbocycles. The van der Waals surface area contributed by atoms with E-state index in [1.807, 2.05) is 43.3 Å². The normalized spacial score (nSPS) is 11.6. The van der Waals surface area contributed by atoms with Crippen molar-refractivity contribution in [1.82, 2.24) is 5.32 Å². The van der Waals surface area contributed by atoms with E-state index in [0.29, 0.717) is 39.4 Å². The lowest BCUT2D eigenvalue weighted by molar-refractivity contribution is -0.116. The van der Waals surface area contributed by atoms with Gasteiger partial charge in [0, 0.05) is 26.3 Å². The molecule has 5 aromatic rings. The molecule has 4 N–H and O–H groups in total. The van der Waals surface area contributed by atoms with Crippen molar-refractivity contribution >= 4 is 91.1 Å². The van der Waals surface area contributed by atoms with Crippen LogP contribution in [0.1, 0.15) is 54.9 Å². The molecule has 0 aliphatic carbocycles. The highest BCUT2D eigenvalue weighted by molar-refractivity contribution is 9.10. The second kappa shape index (κ2) is 18.3. The third-order valence-corrected chi connectivity index (χ3v) is 10.8. The van der Waals surface area contributed by atoms with Crippen LogP contribution in [-0.4, -0.2) is 42.0 Å². The Bertz CT molecular complexity index is 2170. The first-order valence-electron chi connectivity index (χ1n) is 16.4. The summed E-state index contributed by atoms with van der Waals surface area (Å²) in [6.45, 7) is 3.49. The SMILES string of the molecule is CCC(Sc1cccc(NC(=O)/C(=C\c2cccc(Br)c2)NC(=O)c2ccccc2)c1)C(=O)Nc1sc(C(=O)Nc2ccccc2)c(C)c1C(=O)OC. The molecule has 1 unspecified atom stereocenters. The molecule has 0 bridgehead atoms. The average Bonchev–Trinajstić information content (AvgIpc) is 3.49. The summed E-state index contributed by atoms with van der Waals surface area (Å²) >= 11 is 5.71. The van der Waals surface area contributed by atoms with Gasteiger partial charge in [-0.25, -0.2) is 4.79 Å². The van der Waals surface area contributed by atoms with Crippen LogP contribution in [-0.2, 0) is 14.3 Å². The fraction of sp³-hybridized carbons (Fsp3) is 0.125. The zero-order chi connectivity index (χ0) is 37.9. The van der Waals surface area contributed by atoms with Crippen molar-refractivity contribution in [3.05, 3.63) is 146 Å². The van der Waals surface area contributed by atoms with Gasteiger partial charge in [0.1, 0.15) is 10.7 Å². The van der Waals surface area contributed by atoms with E-state index in [0.717, 1.165) is 15.8 Å². The van der Waals surface area contributed by atoms with E-state index < -0.39 is 28.9 Å². The summed E-state index contributed by atoms with van der Waals surface area (Å²) in [5, 5.41) is 10.9. The Morgan fingerprint density at radius 1 is 0.811 bits per heavy atom. The van der Waals surface area contributed by atoms with E-state index in [9.17, 15) is 24.0 Å². The van der Waals surface area contributed by atoms with Gasteiger partial charge in [-0.15, -0.1) is 23.1 Å². The number of benzene rings is 4. The van der Waals surface area contributed by atoms with Crippen LogP contribution in [0.25, 0.3) is 6.08 Å².